The molecule has 3 rings (SSSR count). The third-order valence-electron chi connectivity index (χ3n) is 4.39. The highest BCUT2D eigenvalue weighted by molar-refractivity contribution is 7.94. The zero-order valence-corrected chi connectivity index (χ0v) is 19.7. The van der Waals surface area contributed by atoms with Crippen molar-refractivity contribution < 1.29 is 28.9 Å². The molecule has 0 spiro atoms. The second kappa shape index (κ2) is 12.2. The summed E-state index contributed by atoms with van der Waals surface area (Å²) in [6, 6.07) is 6.43. The van der Waals surface area contributed by atoms with Gasteiger partial charge in [0.15, 0.2) is 0 Å². The number of halogens is 2. The quantitative estimate of drug-likeness (QED) is 0.0819. The number of nitrogens with one attached hydrogen (secondary N) is 3. The molecule has 0 fully saturated rings. The van der Waals surface area contributed by atoms with Crippen molar-refractivity contribution >= 4 is 58.3 Å². The molecule has 1 aromatic heterocycles. The number of rotatable bonds is 12. The van der Waals surface area contributed by atoms with Gasteiger partial charge >= 0.3 is 5.69 Å². The number of anilines is 4. The molecule has 190 valence electrons. The first-order valence-electron chi connectivity index (χ1n) is 9.72. The fourth-order valence-corrected chi connectivity index (χ4v) is 3.43. The first-order valence-corrected chi connectivity index (χ1v) is 10.8. The Balaban J connectivity index is 1.65. The van der Waals surface area contributed by atoms with Gasteiger partial charge in [0.1, 0.15) is 5.69 Å². The van der Waals surface area contributed by atoms with Crippen LogP contribution in [0.2, 0.25) is 5.28 Å². The maximum Gasteiger partial charge on any atom is 0.311 e. The summed E-state index contributed by atoms with van der Waals surface area (Å²) < 4.78 is 18.4. The molecule has 0 bridgehead atoms. The van der Waals surface area contributed by atoms with Crippen molar-refractivity contribution in [2.45, 2.75) is 11.8 Å². The molecular weight excluding hydrogens is 527 g/mol. The first kappa shape index (κ1) is 26.7. The molecule has 0 aliphatic rings. The smallest absolute Gasteiger partial charge is 0.311 e. The van der Waals surface area contributed by atoms with Crippen molar-refractivity contribution in [1.29, 1.82) is 0 Å². The van der Waals surface area contributed by atoms with Crippen LogP contribution in [0.4, 0.5) is 39.0 Å². The molecule has 2 aromatic carbocycles. The van der Waals surface area contributed by atoms with E-state index in [1.807, 2.05) is 6.92 Å². The predicted octanol–water partition coefficient (Wildman–Crippen LogP) is 4.48. The Bertz CT molecular complexity index is 1290. The Labute approximate surface area is 210 Å². The van der Waals surface area contributed by atoms with E-state index < -0.39 is 27.0 Å². The SMILES string of the molecule is Cc1ccc(Nc2nc(Cl)nc(NCCNc3cc(F)c([N+](=O)[O-])cc3[N+](=O)[O-])n2)cc1SOOO. The molecule has 36 heavy (non-hydrogen) atoms. The normalized spacial score (nSPS) is 10.7. The van der Waals surface area contributed by atoms with Crippen molar-refractivity contribution in [2.75, 3.05) is 29.0 Å². The van der Waals surface area contributed by atoms with E-state index in [0.717, 1.165) is 17.6 Å². The fraction of sp³-hybridized carbons (Fsp3) is 0.167. The summed E-state index contributed by atoms with van der Waals surface area (Å²) in [4.78, 5) is 32.9. The number of nitro benzene ring substituents is 2. The standard InChI is InChI=1S/C18H16ClFN8O7S/c1-9-2-3-10(6-15(9)36-35-34-33)23-18-25-16(19)24-17(26-18)22-5-4-21-12-7-11(20)13(27(29)30)8-14(12)28(31)32/h2-3,6-8,21,33H,4-5H2,1H3,(H2,22,23,24,25,26). The maximum atomic E-state index is 13.9. The molecule has 0 unspecified atom stereocenters. The Morgan fingerprint density at radius 1 is 1.06 bits per heavy atom. The van der Waals surface area contributed by atoms with Gasteiger partial charge in [0.2, 0.25) is 23.0 Å². The lowest BCUT2D eigenvalue weighted by Crippen LogP contribution is -2.16. The van der Waals surface area contributed by atoms with Crippen LogP contribution >= 0.6 is 23.6 Å². The van der Waals surface area contributed by atoms with Crippen LogP contribution in [0.3, 0.4) is 0 Å². The molecule has 0 amide bonds. The molecule has 0 atom stereocenters. The Morgan fingerprint density at radius 3 is 2.44 bits per heavy atom. The molecule has 1 heterocycles. The van der Waals surface area contributed by atoms with Gasteiger partial charge in [0.05, 0.1) is 28.0 Å². The van der Waals surface area contributed by atoms with E-state index in [2.05, 4.69) is 40.3 Å². The van der Waals surface area contributed by atoms with Crippen molar-refractivity contribution in [3.05, 3.63) is 67.2 Å². The zero-order chi connectivity index (χ0) is 26.2. The fourth-order valence-electron chi connectivity index (χ4n) is 2.79. The van der Waals surface area contributed by atoms with Crippen LogP contribution in [-0.4, -0.2) is 43.1 Å². The van der Waals surface area contributed by atoms with E-state index in [9.17, 15) is 24.6 Å². The topological polar surface area (TPSA) is 200 Å². The van der Waals surface area contributed by atoms with Gasteiger partial charge in [-0.25, -0.2) is 5.26 Å². The Kier molecular flexibility index (Phi) is 9.03. The monoisotopic (exact) mass is 542 g/mol. The highest BCUT2D eigenvalue weighted by Gasteiger charge is 2.24. The second-order valence-corrected chi connectivity index (χ2v) is 7.85. The van der Waals surface area contributed by atoms with Gasteiger partial charge in [0, 0.05) is 29.7 Å². The van der Waals surface area contributed by atoms with Crippen molar-refractivity contribution in [3.8, 4) is 0 Å². The van der Waals surface area contributed by atoms with Crippen LogP contribution < -0.4 is 16.0 Å². The predicted molar refractivity (Wildman–Crippen MR) is 127 cm³/mol. The molecular formula is C18H16ClFN8O7S. The molecule has 0 aliphatic carbocycles. The number of benzene rings is 2. The average Bonchev–Trinajstić information content (AvgIpc) is 2.81. The van der Waals surface area contributed by atoms with Crippen LogP contribution in [0, 0.1) is 33.0 Å². The maximum absolute atomic E-state index is 13.9. The molecule has 18 heteroatoms. The van der Waals surface area contributed by atoms with Gasteiger partial charge in [-0.2, -0.15) is 19.3 Å². The van der Waals surface area contributed by atoms with Crippen LogP contribution in [0.25, 0.3) is 0 Å². The Hall–Kier alpha value is -3.90. The van der Waals surface area contributed by atoms with E-state index in [1.165, 1.54) is 0 Å². The molecule has 3 aromatic rings. The molecule has 0 saturated carbocycles. The minimum atomic E-state index is -1.21. The average molecular weight is 543 g/mol. The van der Waals surface area contributed by atoms with Gasteiger partial charge in [0.25, 0.3) is 5.69 Å². The molecule has 15 nitrogen and oxygen atoms in total. The minimum absolute atomic E-state index is 0.0373. The van der Waals surface area contributed by atoms with Crippen LogP contribution in [0.1, 0.15) is 5.56 Å². The minimum Gasteiger partial charge on any atom is -0.378 e. The van der Waals surface area contributed by atoms with E-state index >= 15 is 0 Å². The van der Waals surface area contributed by atoms with Gasteiger partial charge in [-0.05, 0) is 36.2 Å². The van der Waals surface area contributed by atoms with Crippen molar-refractivity contribution in [3.63, 3.8) is 0 Å². The first-order chi connectivity index (χ1) is 17.2. The number of hydrogen-bond donors (Lipinski definition) is 4. The third-order valence-corrected chi connectivity index (χ3v) is 5.31. The molecule has 4 N–H and O–H groups in total. The lowest BCUT2D eigenvalue weighted by Gasteiger charge is -2.11. The summed E-state index contributed by atoms with van der Waals surface area (Å²) in [7, 11) is 0. The van der Waals surface area contributed by atoms with E-state index in [-0.39, 0.29) is 36.0 Å². The van der Waals surface area contributed by atoms with Crippen LogP contribution in [-0.2, 0) is 9.37 Å². The van der Waals surface area contributed by atoms with Gasteiger partial charge < -0.3 is 16.0 Å². The number of hydrogen-bond acceptors (Lipinski definition) is 14. The zero-order valence-electron chi connectivity index (χ0n) is 18.1. The van der Waals surface area contributed by atoms with E-state index in [0.29, 0.717) is 22.7 Å². The second-order valence-electron chi connectivity index (χ2n) is 6.77. The van der Waals surface area contributed by atoms with E-state index in [1.54, 1.807) is 18.2 Å². The van der Waals surface area contributed by atoms with Gasteiger partial charge in [-0.3, -0.25) is 20.2 Å². The van der Waals surface area contributed by atoms with Crippen LogP contribution in [0.15, 0.2) is 35.2 Å². The summed E-state index contributed by atoms with van der Waals surface area (Å²) >= 11 is 6.75. The van der Waals surface area contributed by atoms with Gasteiger partial charge in [-0.1, -0.05) is 11.1 Å². The highest BCUT2D eigenvalue weighted by atomic mass is 35.5. The van der Waals surface area contributed by atoms with E-state index in [4.69, 9.17) is 16.9 Å². The van der Waals surface area contributed by atoms with Crippen molar-refractivity contribution in [2.24, 2.45) is 0 Å². The summed E-state index contributed by atoms with van der Waals surface area (Å²) in [6.07, 6.45) is 0. The summed E-state index contributed by atoms with van der Waals surface area (Å²) in [5.74, 6) is -1.05. The van der Waals surface area contributed by atoms with Gasteiger partial charge in [-0.15, -0.1) is 4.33 Å². The van der Waals surface area contributed by atoms with Crippen LogP contribution in [0.5, 0.6) is 0 Å². The highest BCUT2D eigenvalue weighted by Crippen LogP contribution is 2.31. The molecule has 0 saturated heterocycles. The molecule has 0 radical (unpaired) electrons. The lowest BCUT2D eigenvalue weighted by molar-refractivity contribution is -0.432. The van der Waals surface area contributed by atoms with Crippen molar-refractivity contribution in [1.82, 2.24) is 15.0 Å². The third kappa shape index (κ3) is 7.06. The Morgan fingerprint density at radius 2 is 1.75 bits per heavy atom. The number of aryl methyl sites for hydroxylation is 1. The summed E-state index contributed by atoms with van der Waals surface area (Å²) in [6.45, 7) is 1.97. The number of nitro groups is 2. The number of aromatic nitrogens is 3. The largest absolute Gasteiger partial charge is 0.378 e. The lowest BCUT2D eigenvalue weighted by atomic mass is 10.2. The molecule has 0 aliphatic heterocycles. The summed E-state index contributed by atoms with van der Waals surface area (Å²) in [5.41, 5.74) is -0.473. The summed E-state index contributed by atoms with van der Waals surface area (Å²) in [5, 5.41) is 42.3. The number of nitrogens with zero attached hydrogens (tertiary/aromatic N) is 5.